The van der Waals surface area contributed by atoms with E-state index in [2.05, 4.69) is 47.1 Å². The molecule has 1 aromatic carbocycles. The second-order valence-corrected chi connectivity index (χ2v) is 5.34. The van der Waals surface area contributed by atoms with E-state index < -0.39 is 0 Å². The largest absolute Gasteiger partial charge is 0.325 e. The fourth-order valence-corrected chi connectivity index (χ4v) is 2.63. The molecular weight excluding hydrogens is 238 g/mol. The van der Waals surface area contributed by atoms with Gasteiger partial charge in [0.25, 0.3) is 0 Å². The second kappa shape index (κ2) is 3.67. The van der Waals surface area contributed by atoms with Crippen molar-refractivity contribution in [2.24, 2.45) is 5.73 Å². The number of benzene rings is 1. The number of rotatable bonds is 3. The molecule has 1 saturated carbocycles. The van der Waals surface area contributed by atoms with Gasteiger partial charge in [-0.15, -0.1) is 0 Å². The first-order valence-electron chi connectivity index (χ1n) is 5.14. The van der Waals surface area contributed by atoms with E-state index in [0.717, 1.165) is 6.42 Å². The van der Waals surface area contributed by atoms with Crippen LogP contribution < -0.4 is 5.73 Å². The molecule has 2 rings (SSSR count). The van der Waals surface area contributed by atoms with Crippen LogP contribution in [0.4, 0.5) is 0 Å². The summed E-state index contributed by atoms with van der Waals surface area (Å²) in [6.07, 6.45) is 3.50. The SMILES string of the molecule is CC(CC1(N)CC1)c1ccccc1Br. The van der Waals surface area contributed by atoms with Crippen molar-refractivity contribution >= 4 is 15.9 Å². The van der Waals surface area contributed by atoms with Crippen molar-refractivity contribution in [2.45, 2.75) is 37.6 Å². The molecule has 1 aliphatic carbocycles. The first-order valence-corrected chi connectivity index (χ1v) is 5.93. The van der Waals surface area contributed by atoms with E-state index in [4.69, 9.17) is 5.73 Å². The van der Waals surface area contributed by atoms with Crippen molar-refractivity contribution in [3.05, 3.63) is 34.3 Å². The standard InChI is InChI=1S/C12H16BrN/c1-9(8-12(14)6-7-12)10-4-2-3-5-11(10)13/h2-5,9H,6-8,14H2,1H3. The summed E-state index contributed by atoms with van der Waals surface area (Å²) in [7, 11) is 0. The Morgan fingerprint density at radius 1 is 1.43 bits per heavy atom. The Hall–Kier alpha value is -0.340. The second-order valence-electron chi connectivity index (χ2n) is 4.49. The van der Waals surface area contributed by atoms with Gasteiger partial charge in [-0.3, -0.25) is 0 Å². The summed E-state index contributed by atoms with van der Waals surface area (Å²) < 4.78 is 1.21. The molecule has 0 heterocycles. The molecule has 0 aliphatic heterocycles. The van der Waals surface area contributed by atoms with Gasteiger partial charge in [-0.05, 0) is 36.8 Å². The molecule has 1 unspecified atom stereocenters. The third kappa shape index (κ3) is 2.18. The van der Waals surface area contributed by atoms with Crippen LogP contribution in [0.1, 0.15) is 37.7 Å². The molecule has 0 radical (unpaired) electrons. The molecule has 0 saturated heterocycles. The monoisotopic (exact) mass is 253 g/mol. The van der Waals surface area contributed by atoms with Crippen LogP contribution in [0, 0.1) is 0 Å². The number of hydrogen-bond donors (Lipinski definition) is 1. The zero-order valence-corrected chi connectivity index (χ0v) is 10.0. The van der Waals surface area contributed by atoms with E-state index in [1.54, 1.807) is 0 Å². The molecule has 0 bridgehead atoms. The fourth-order valence-electron chi connectivity index (χ4n) is 1.96. The summed E-state index contributed by atoms with van der Waals surface area (Å²) in [6, 6.07) is 8.42. The van der Waals surface area contributed by atoms with Gasteiger partial charge in [0.2, 0.25) is 0 Å². The maximum absolute atomic E-state index is 6.12. The predicted octanol–water partition coefficient (Wildman–Crippen LogP) is 3.43. The zero-order chi connectivity index (χ0) is 10.2. The molecule has 1 atom stereocenters. The van der Waals surface area contributed by atoms with Crippen LogP contribution in [0.5, 0.6) is 0 Å². The Labute approximate surface area is 93.8 Å². The van der Waals surface area contributed by atoms with Crippen LogP contribution >= 0.6 is 15.9 Å². The van der Waals surface area contributed by atoms with Gasteiger partial charge < -0.3 is 5.73 Å². The van der Waals surface area contributed by atoms with E-state index in [0.29, 0.717) is 5.92 Å². The normalized spacial score (nSPS) is 20.5. The third-order valence-corrected chi connectivity index (χ3v) is 3.76. The Bertz CT molecular complexity index is 331. The molecule has 0 aromatic heterocycles. The van der Waals surface area contributed by atoms with Gasteiger partial charge in [-0.1, -0.05) is 41.1 Å². The quantitative estimate of drug-likeness (QED) is 0.878. The summed E-state index contributed by atoms with van der Waals surface area (Å²) >= 11 is 3.58. The minimum Gasteiger partial charge on any atom is -0.325 e. The van der Waals surface area contributed by atoms with Crippen molar-refractivity contribution in [2.75, 3.05) is 0 Å². The van der Waals surface area contributed by atoms with Gasteiger partial charge in [0.1, 0.15) is 0 Å². The lowest BCUT2D eigenvalue weighted by Gasteiger charge is -2.17. The summed E-state index contributed by atoms with van der Waals surface area (Å²) in [5.74, 6) is 0.554. The molecule has 1 aromatic rings. The van der Waals surface area contributed by atoms with E-state index in [-0.39, 0.29) is 5.54 Å². The van der Waals surface area contributed by atoms with E-state index in [1.807, 2.05) is 0 Å². The van der Waals surface area contributed by atoms with Gasteiger partial charge >= 0.3 is 0 Å². The van der Waals surface area contributed by atoms with Crippen LogP contribution in [0.25, 0.3) is 0 Å². The lowest BCUT2D eigenvalue weighted by Crippen LogP contribution is -2.23. The van der Waals surface area contributed by atoms with E-state index in [9.17, 15) is 0 Å². The first kappa shape index (κ1) is 10.2. The molecule has 76 valence electrons. The predicted molar refractivity (Wildman–Crippen MR) is 63.3 cm³/mol. The van der Waals surface area contributed by atoms with Crippen molar-refractivity contribution < 1.29 is 0 Å². The highest BCUT2D eigenvalue weighted by Crippen LogP contribution is 2.41. The maximum Gasteiger partial charge on any atom is 0.0210 e. The van der Waals surface area contributed by atoms with Crippen molar-refractivity contribution in [1.82, 2.24) is 0 Å². The highest BCUT2D eigenvalue weighted by atomic mass is 79.9. The van der Waals surface area contributed by atoms with Crippen molar-refractivity contribution in [1.29, 1.82) is 0 Å². The van der Waals surface area contributed by atoms with Gasteiger partial charge in [0.05, 0.1) is 0 Å². The summed E-state index contributed by atoms with van der Waals surface area (Å²) in [4.78, 5) is 0. The van der Waals surface area contributed by atoms with E-state index in [1.165, 1.54) is 22.9 Å². The molecule has 2 N–H and O–H groups in total. The Kier molecular flexibility index (Phi) is 2.67. The third-order valence-electron chi connectivity index (χ3n) is 3.04. The lowest BCUT2D eigenvalue weighted by atomic mass is 9.93. The number of hydrogen-bond acceptors (Lipinski definition) is 1. The Balaban J connectivity index is 2.10. The van der Waals surface area contributed by atoms with Crippen LogP contribution in [-0.4, -0.2) is 5.54 Å². The lowest BCUT2D eigenvalue weighted by molar-refractivity contribution is 0.541. The van der Waals surface area contributed by atoms with Crippen molar-refractivity contribution in [3.63, 3.8) is 0 Å². The highest BCUT2D eigenvalue weighted by Gasteiger charge is 2.39. The minimum absolute atomic E-state index is 0.148. The Morgan fingerprint density at radius 2 is 2.07 bits per heavy atom. The average molecular weight is 254 g/mol. The topological polar surface area (TPSA) is 26.0 Å². The summed E-state index contributed by atoms with van der Waals surface area (Å²) in [5.41, 5.74) is 7.65. The van der Waals surface area contributed by atoms with Crippen LogP contribution in [0.2, 0.25) is 0 Å². The molecular formula is C12H16BrN. The molecule has 1 nitrogen and oxygen atoms in total. The van der Waals surface area contributed by atoms with Crippen LogP contribution in [-0.2, 0) is 0 Å². The highest BCUT2D eigenvalue weighted by molar-refractivity contribution is 9.10. The van der Waals surface area contributed by atoms with Gasteiger partial charge in [0, 0.05) is 10.0 Å². The zero-order valence-electron chi connectivity index (χ0n) is 8.46. The Morgan fingerprint density at radius 3 is 2.64 bits per heavy atom. The first-order chi connectivity index (χ1) is 6.61. The summed E-state index contributed by atoms with van der Waals surface area (Å²) in [5, 5.41) is 0. The molecule has 14 heavy (non-hydrogen) atoms. The van der Waals surface area contributed by atoms with Crippen molar-refractivity contribution in [3.8, 4) is 0 Å². The maximum atomic E-state index is 6.12. The molecule has 1 aliphatic rings. The minimum atomic E-state index is 0.148. The number of nitrogens with two attached hydrogens (primary N) is 1. The van der Waals surface area contributed by atoms with E-state index >= 15 is 0 Å². The molecule has 2 heteroatoms. The fraction of sp³-hybridized carbons (Fsp3) is 0.500. The average Bonchev–Trinajstić information content (AvgIpc) is 2.84. The van der Waals surface area contributed by atoms with Crippen LogP contribution in [0.15, 0.2) is 28.7 Å². The molecule has 0 spiro atoms. The van der Waals surface area contributed by atoms with Crippen LogP contribution in [0.3, 0.4) is 0 Å². The molecule has 0 amide bonds. The summed E-state index contributed by atoms with van der Waals surface area (Å²) in [6.45, 7) is 2.26. The van der Waals surface area contributed by atoms with Gasteiger partial charge in [-0.25, -0.2) is 0 Å². The van der Waals surface area contributed by atoms with Gasteiger partial charge in [-0.2, -0.15) is 0 Å². The van der Waals surface area contributed by atoms with Gasteiger partial charge in [0.15, 0.2) is 0 Å². The number of halogens is 1. The molecule has 1 fully saturated rings. The smallest absolute Gasteiger partial charge is 0.0210 e.